The van der Waals surface area contributed by atoms with Crippen LogP contribution in [0.2, 0.25) is 0 Å². The molecule has 0 spiro atoms. The second-order valence-electron chi connectivity index (χ2n) is 7.62. The van der Waals surface area contributed by atoms with Gasteiger partial charge in [0.1, 0.15) is 11.5 Å². The molecule has 0 bridgehead atoms. The molecule has 0 atom stereocenters. The van der Waals surface area contributed by atoms with E-state index in [0.29, 0.717) is 30.2 Å². The fourth-order valence-corrected chi connectivity index (χ4v) is 4.21. The lowest BCUT2D eigenvalue weighted by Gasteiger charge is -2.40. The largest absolute Gasteiger partial charge is 0.497 e. The van der Waals surface area contributed by atoms with Crippen LogP contribution < -0.4 is 9.47 Å². The van der Waals surface area contributed by atoms with Crippen molar-refractivity contribution >= 4 is 5.91 Å². The van der Waals surface area contributed by atoms with Crippen LogP contribution in [-0.4, -0.2) is 56.1 Å². The van der Waals surface area contributed by atoms with Gasteiger partial charge in [-0.3, -0.25) is 9.69 Å². The Morgan fingerprint density at radius 1 is 0.774 bits per heavy atom. The molecule has 0 radical (unpaired) electrons. The van der Waals surface area contributed by atoms with Crippen molar-refractivity contribution in [3.05, 3.63) is 95.6 Å². The quantitative estimate of drug-likeness (QED) is 0.602. The molecule has 1 saturated heterocycles. The molecule has 0 aliphatic carbocycles. The van der Waals surface area contributed by atoms with Gasteiger partial charge >= 0.3 is 0 Å². The van der Waals surface area contributed by atoms with Crippen LogP contribution in [0, 0.1) is 0 Å². The highest BCUT2D eigenvalue weighted by Crippen LogP contribution is 2.30. The summed E-state index contributed by atoms with van der Waals surface area (Å²) in [7, 11) is 3.18. The summed E-state index contributed by atoms with van der Waals surface area (Å²) in [5.74, 6) is 1.21. The van der Waals surface area contributed by atoms with Gasteiger partial charge in [-0.2, -0.15) is 0 Å². The van der Waals surface area contributed by atoms with E-state index in [-0.39, 0.29) is 11.9 Å². The molecule has 0 saturated carbocycles. The number of benzene rings is 3. The molecule has 3 aromatic carbocycles. The SMILES string of the molecule is COc1ccc(C(=O)N2CCN(C(c3ccccc3)c3ccccc3)CC2)c(OC)c1. The zero-order valence-corrected chi connectivity index (χ0v) is 18.0. The number of carbonyl (C=O) groups excluding carboxylic acids is 1. The van der Waals surface area contributed by atoms with Gasteiger partial charge in [-0.05, 0) is 23.3 Å². The van der Waals surface area contributed by atoms with E-state index in [1.54, 1.807) is 32.4 Å². The van der Waals surface area contributed by atoms with Crippen LogP contribution in [0.15, 0.2) is 78.9 Å². The maximum Gasteiger partial charge on any atom is 0.257 e. The average molecular weight is 417 g/mol. The summed E-state index contributed by atoms with van der Waals surface area (Å²) in [6, 6.07) is 26.7. The first-order valence-electron chi connectivity index (χ1n) is 10.6. The summed E-state index contributed by atoms with van der Waals surface area (Å²) < 4.78 is 10.7. The Kier molecular flexibility index (Phi) is 6.53. The second-order valence-corrected chi connectivity index (χ2v) is 7.62. The molecule has 5 heteroatoms. The van der Waals surface area contributed by atoms with Gasteiger partial charge in [0.2, 0.25) is 0 Å². The number of hydrogen-bond acceptors (Lipinski definition) is 4. The summed E-state index contributed by atoms with van der Waals surface area (Å²) >= 11 is 0. The highest BCUT2D eigenvalue weighted by atomic mass is 16.5. The van der Waals surface area contributed by atoms with E-state index in [4.69, 9.17) is 9.47 Å². The van der Waals surface area contributed by atoms with Crippen molar-refractivity contribution in [2.45, 2.75) is 6.04 Å². The van der Waals surface area contributed by atoms with Crippen LogP contribution in [0.1, 0.15) is 27.5 Å². The second kappa shape index (κ2) is 9.67. The Hall–Kier alpha value is -3.31. The standard InChI is InChI=1S/C26H28N2O3/c1-30-22-13-14-23(24(19-22)31-2)26(29)28-17-15-27(16-18-28)25(20-9-5-3-6-10-20)21-11-7-4-8-12-21/h3-14,19,25H,15-18H2,1-2H3. The number of ether oxygens (including phenoxy) is 2. The van der Waals surface area contributed by atoms with Crippen molar-refractivity contribution in [1.82, 2.24) is 9.80 Å². The number of rotatable bonds is 6. The smallest absolute Gasteiger partial charge is 0.257 e. The summed E-state index contributed by atoms with van der Waals surface area (Å²) in [5, 5.41) is 0. The Morgan fingerprint density at radius 3 is 1.87 bits per heavy atom. The molecule has 1 aliphatic heterocycles. The highest BCUT2D eigenvalue weighted by Gasteiger charge is 2.29. The minimum absolute atomic E-state index is 0.00451. The van der Waals surface area contributed by atoms with Gasteiger partial charge in [-0.25, -0.2) is 0 Å². The van der Waals surface area contributed by atoms with Crippen LogP contribution in [0.25, 0.3) is 0 Å². The van der Waals surface area contributed by atoms with Crippen LogP contribution in [0.4, 0.5) is 0 Å². The molecule has 3 aromatic rings. The molecule has 1 fully saturated rings. The van der Waals surface area contributed by atoms with Crippen molar-refractivity contribution in [3.8, 4) is 11.5 Å². The molecule has 1 heterocycles. The minimum Gasteiger partial charge on any atom is -0.497 e. The third kappa shape index (κ3) is 4.57. The van der Waals surface area contributed by atoms with E-state index in [1.807, 2.05) is 17.0 Å². The van der Waals surface area contributed by atoms with E-state index >= 15 is 0 Å². The number of amides is 1. The fraction of sp³-hybridized carbons (Fsp3) is 0.269. The maximum atomic E-state index is 13.2. The van der Waals surface area contributed by atoms with E-state index < -0.39 is 0 Å². The topological polar surface area (TPSA) is 42.0 Å². The van der Waals surface area contributed by atoms with Crippen molar-refractivity contribution in [3.63, 3.8) is 0 Å². The van der Waals surface area contributed by atoms with E-state index in [1.165, 1.54) is 11.1 Å². The first-order chi connectivity index (χ1) is 15.2. The van der Waals surface area contributed by atoms with Crippen molar-refractivity contribution in [2.75, 3.05) is 40.4 Å². The number of nitrogens with zero attached hydrogens (tertiary/aromatic N) is 2. The number of methoxy groups -OCH3 is 2. The average Bonchev–Trinajstić information content (AvgIpc) is 2.85. The van der Waals surface area contributed by atoms with Crippen LogP contribution in [0.3, 0.4) is 0 Å². The predicted octanol–water partition coefficient (Wildman–Crippen LogP) is 4.25. The van der Waals surface area contributed by atoms with Crippen LogP contribution in [-0.2, 0) is 0 Å². The van der Waals surface area contributed by atoms with Crippen LogP contribution >= 0.6 is 0 Å². The van der Waals surface area contributed by atoms with Crippen molar-refractivity contribution in [1.29, 1.82) is 0 Å². The first-order valence-corrected chi connectivity index (χ1v) is 10.6. The van der Waals surface area contributed by atoms with E-state index in [2.05, 4.69) is 53.4 Å². The zero-order valence-electron chi connectivity index (χ0n) is 18.0. The minimum atomic E-state index is -0.00451. The molecule has 4 rings (SSSR count). The van der Waals surface area contributed by atoms with Gasteiger partial charge in [0, 0.05) is 32.2 Å². The summed E-state index contributed by atoms with van der Waals surface area (Å²) in [4.78, 5) is 17.6. The molecule has 5 nitrogen and oxygen atoms in total. The molecular weight excluding hydrogens is 388 g/mol. The molecule has 0 N–H and O–H groups in total. The van der Waals surface area contributed by atoms with Gasteiger partial charge in [0.25, 0.3) is 5.91 Å². The lowest BCUT2D eigenvalue weighted by Crippen LogP contribution is -2.49. The van der Waals surface area contributed by atoms with Gasteiger partial charge in [0.15, 0.2) is 0 Å². The van der Waals surface area contributed by atoms with E-state index in [9.17, 15) is 4.79 Å². The highest BCUT2D eigenvalue weighted by molar-refractivity contribution is 5.97. The monoisotopic (exact) mass is 416 g/mol. The Morgan fingerprint density at radius 2 is 1.35 bits per heavy atom. The van der Waals surface area contributed by atoms with Gasteiger partial charge in [-0.15, -0.1) is 0 Å². The van der Waals surface area contributed by atoms with Gasteiger partial charge in [-0.1, -0.05) is 60.7 Å². The Bertz CT molecular complexity index is 960. The van der Waals surface area contributed by atoms with Gasteiger partial charge < -0.3 is 14.4 Å². The fourth-order valence-electron chi connectivity index (χ4n) is 4.21. The normalized spacial score (nSPS) is 14.5. The van der Waals surface area contributed by atoms with Crippen LogP contribution in [0.5, 0.6) is 11.5 Å². The molecular formula is C26H28N2O3. The Labute approximate surface area is 183 Å². The molecule has 160 valence electrons. The third-order valence-corrected chi connectivity index (χ3v) is 5.84. The molecule has 0 aromatic heterocycles. The molecule has 0 unspecified atom stereocenters. The molecule has 1 aliphatic rings. The summed E-state index contributed by atoms with van der Waals surface area (Å²) in [6.07, 6.45) is 0. The first kappa shape index (κ1) is 20.9. The predicted molar refractivity (Wildman–Crippen MR) is 122 cm³/mol. The summed E-state index contributed by atoms with van der Waals surface area (Å²) in [5.41, 5.74) is 3.11. The van der Waals surface area contributed by atoms with E-state index in [0.717, 1.165) is 13.1 Å². The maximum absolute atomic E-state index is 13.2. The number of carbonyl (C=O) groups is 1. The third-order valence-electron chi connectivity index (χ3n) is 5.84. The number of piperazine rings is 1. The molecule has 31 heavy (non-hydrogen) atoms. The lowest BCUT2D eigenvalue weighted by molar-refractivity contribution is 0.0594. The van der Waals surface area contributed by atoms with Crippen molar-refractivity contribution in [2.24, 2.45) is 0 Å². The van der Waals surface area contributed by atoms with Crippen molar-refractivity contribution < 1.29 is 14.3 Å². The van der Waals surface area contributed by atoms with Gasteiger partial charge in [0.05, 0.1) is 25.8 Å². The Balaban J connectivity index is 1.51. The number of hydrogen-bond donors (Lipinski definition) is 0. The lowest BCUT2D eigenvalue weighted by atomic mass is 9.96. The summed E-state index contributed by atoms with van der Waals surface area (Å²) in [6.45, 7) is 2.95. The molecule has 1 amide bonds. The zero-order chi connectivity index (χ0) is 21.6.